The third kappa shape index (κ3) is 4.87. The second-order valence-corrected chi connectivity index (χ2v) is 6.44. The Morgan fingerprint density at radius 3 is 2.71 bits per heavy atom. The summed E-state index contributed by atoms with van der Waals surface area (Å²) in [4.78, 5) is 25.2. The molecule has 0 unspecified atom stereocenters. The minimum Gasteiger partial charge on any atom is -0.496 e. The first kappa shape index (κ1) is 24.0. The molecule has 3 heterocycles. The zero-order chi connectivity index (χ0) is 18.7. The average molecular weight is 432 g/mol. The highest BCUT2D eigenvalue weighted by atomic mass is 35.5. The van der Waals surface area contributed by atoms with Crippen LogP contribution in [0.15, 0.2) is 10.9 Å². The molecule has 0 saturated carbocycles. The van der Waals surface area contributed by atoms with Crippen molar-refractivity contribution in [2.24, 2.45) is 0 Å². The van der Waals surface area contributed by atoms with Gasteiger partial charge in [-0.15, -0.1) is 24.8 Å². The molecular formula is C18H27Cl2N5O3. The Kier molecular flexibility index (Phi) is 9.00. The van der Waals surface area contributed by atoms with E-state index in [0.717, 1.165) is 29.2 Å². The number of nitrogens with one attached hydrogen (secondary N) is 3. The molecule has 8 nitrogen and oxygen atoms in total. The van der Waals surface area contributed by atoms with Gasteiger partial charge in [-0.1, -0.05) is 0 Å². The van der Waals surface area contributed by atoms with Gasteiger partial charge in [-0.2, -0.15) is 5.10 Å². The molecule has 0 fully saturated rings. The molecule has 0 spiro atoms. The highest BCUT2D eigenvalue weighted by Gasteiger charge is 2.23. The molecule has 0 radical (unpaired) electrons. The number of amides is 1. The van der Waals surface area contributed by atoms with Crippen LogP contribution in [-0.4, -0.2) is 47.4 Å². The summed E-state index contributed by atoms with van der Waals surface area (Å²) in [5.74, 6) is 0.114. The van der Waals surface area contributed by atoms with Crippen LogP contribution in [-0.2, 0) is 19.4 Å². The van der Waals surface area contributed by atoms with E-state index in [0.29, 0.717) is 43.8 Å². The van der Waals surface area contributed by atoms with E-state index < -0.39 is 0 Å². The van der Waals surface area contributed by atoms with Gasteiger partial charge in [-0.25, -0.2) is 0 Å². The number of aryl methyl sites for hydroxylation is 2. The van der Waals surface area contributed by atoms with Crippen molar-refractivity contribution in [1.82, 2.24) is 25.4 Å². The van der Waals surface area contributed by atoms with E-state index in [2.05, 4.69) is 20.8 Å². The van der Waals surface area contributed by atoms with Gasteiger partial charge in [0.25, 0.3) is 11.5 Å². The molecule has 0 atom stereocenters. The Bertz CT molecular complexity index is 859. The summed E-state index contributed by atoms with van der Waals surface area (Å²) in [6.45, 7) is 6.38. The summed E-state index contributed by atoms with van der Waals surface area (Å²) >= 11 is 0. The van der Waals surface area contributed by atoms with Gasteiger partial charge >= 0.3 is 0 Å². The molecule has 0 aromatic carbocycles. The summed E-state index contributed by atoms with van der Waals surface area (Å²) in [7, 11) is 1.48. The van der Waals surface area contributed by atoms with Crippen molar-refractivity contribution < 1.29 is 9.53 Å². The number of nitrogens with zero attached hydrogens (tertiary/aromatic N) is 2. The van der Waals surface area contributed by atoms with Crippen molar-refractivity contribution >= 4 is 30.7 Å². The number of pyridine rings is 1. The van der Waals surface area contributed by atoms with Crippen molar-refractivity contribution in [3.8, 4) is 5.75 Å². The topological polar surface area (TPSA) is 101 Å². The lowest BCUT2D eigenvalue weighted by molar-refractivity contribution is 0.0949. The van der Waals surface area contributed by atoms with Gasteiger partial charge in [-0.3, -0.25) is 14.7 Å². The fourth-order valence-electron chi connectivity index (χ4n) is 3.44. The first-order valence-electron chi connectivity index (χ1n) is 8.83. The zero-order valence-corrected chi connectivity index (χ0v) is 17.9. The predicted octanol–water partition coefficient (Wildman–Crippen LogP) is 1.16. The molecule has 10 heteroatoms. The van der Waals surface area contributed by atoms with Crippen LogP contribution in [0.4, 0.5) is 0 Å². The maximum atomic E-state index is 12.9. The summed E-state index contributed by atoms with van der Waals surface area (Å²) in [5.41, 5.74) is 4.12. The normalized spacial score (nSPS) is 12.8. The van der Waals surface area contributed by atoms with Gasteiger partial charge in [0.1, 0.15) is 11.3 Å². The van der Waals surface area contributed by atoms with E-state index in [9.17, 15) is 9.59 Å². The number of carbonyl (C=O) groups is 1. The number of hydrogen-bond acceptors (Lipinski definition) is 5. The molecule has 1 amide bonds. The van der Waals surface area contributed by atoms with Crippen LogP contribution < -0.4 is 20.9 Å². The highest BCUT2D eigenvalue weighted by Crippen LogP contribution is 2.21. The summed E-state index contributed by atoms with van der Waals surface area (Å²) < 4.78 is 7.00. The van der Waals surface area contributed by atoms with E-state index in [4.69, 9.17) is 4.74 Å². The Hall–Kier alpha value is -2.03. The second kappa shape index (κ2) is 10.5. The number of carbonyl (C=O) groups excluding carboxylic acids is 1. The molecule has 28 heavy (non-hydrogen) atoms. The highest BCUT2D eigenvalue weighted by molar-refractivity contribution is 5.98. The van der Waals surface area contributed by atoms with E-state index in [1.54, 1.807) is 4.57 Å². The summed E-state index contributed by atoms with van der Waals surface area (Å²) in [6.07, 6.45) is 1.30. The van der Waals surface area contributed by atoms with Crippen molar-refractivity contribution in [3.05, 3.63) is 44.6 Å². The number of fused-ring (bicyclic) bond motifs is 1. The van der Waals surface area contributed by atoms with Gasteiger partial charge in [0.2, 0.25) is 0 Å². The lowest BCUT2D eigenvalue weighted by Crippen LogP contribution is -2.32. The molecule has 0 saturated heterocycles. The third-order valence-electron chi connectivity index (χ3n) is 4.82. The van der Waals surface area contributed by atoms with Crippen molar-refractivity contribution in [2.45, 2.75) is 33.2 Å². The van der Waals surface area contributed by atoms with Crippen LogP contribution in [0.3, 0.4) is 0 Å². The lowest BCUT2D eigenvalue weighted by atomic mass is 10.1. The first-order chi connectivity index (χ1) is 12.5. The van der Waals surface area contributed by atoms with Crippen LogP contribution >= 0.6 is 24.8 Å². The molecule has 0 bridgehead atoms. The maximum absolute atomic E-state index is 12.9. The quantitative estimate of drug-likeness (QED) is 0.659. The van der Waals surface area contributed by atoms with Gasteiger partial charge < -0.3 is 19.9 Å². The van der Waals surface area contributed by atoms with Crippen LogP contribution in [0.5, 0.6) is 5.75 Å². The number of hydrogen-bond donors (Lipinski definition) is 3. The van der Waals surface area contributed by atoms with Crippen LogP contribution in [0.25, 0.3) is 0 Å². The number of rotatable bonds is 5. The van der Waals surface area contributed by atoms with Crippen molar-refractivity contribution in [3.63, 3.8) is 0 Å². The van der Waals surface area contributed by atoms with Gasteiger partial charge in [0.15, 0.2) is 0 Å². The van der Waals surface area contributed by atoms with Gasteiger partial charge in [0.05, 0.1) is 12.8 Å². The molecule has 2 aromatic heterocycles. The fourth-order valence-corrected chi connectivity index (χ4v) is 3.44. The SMILES string of the molecule is COc1cc(=O)n2c(c1C(=O)NCCc1c(C)n[nH]c1C)CCNCC2.Cl.Cl. The molecule has 156 valence electrons. The molecular weight excluding hydrogens is 405 g/mol. The van der Waals surface area contributed by atoms with Gasteiger partial charge in [0, 0.05) is 50.1 Å². The number of ether oxygens (including phenoxy) is 1. The monoisotopic (exact) mass is 431 g/mol. The minimum atomic E-state index is -0.216. The number of H-pyrrole nitrogens is 1. The summed E-state index contributed by atoms with van der Waals surface area (Å²) in [6, 6.07) is 1.40. The molecule has 2 aromatic rings. The molecule has 3 rings (SSSR count). The average Bonchev–Trinajstić information content (AvgIpc) is 2.82. The standard InChI is InChI=1S/C18H25N5O3.2ClH/c1-11-13(12(2)22-21-11)4-7-20-18(25)17-14-5-6-19-8-9-23(14)16(24)10-15(17)26-3;;/h10,19H,4-9H2,1-3H3,(H,20,25)(H,21,22);2*1H. The summed E-state index contributed by atoms with van der Waals surface area (Å²) in [5, 5.41) is 13.3. The molecule has 0 aliphatic carbocycles. The number of aromatic nitrogens is 3. The predicted molar refractivity (Wildman–Crippen MR) is 112 cm³/mol. The largest absolute Gasteiger partial charge is 0.496 e. The van der Waals surface area contributed by atoms with Crippen molar-refractivity contribution in [2.75, 3.05) is 26.7 Å². The van der Waals surface area contributed by atoms with Crippen LogP contribution in [0.1, 0.15) is 33.0 Å². The number of aromatic amines is 1. The van der Waals surface area contributed by atoms with Crippen molar-refractivity contribution in [1.29, 1.82) is 0 Å². The fraction of sp³-hybridized carbons (Fsp3) is 0.500. The Morgan fingerprint density at radius 2 is 2.07 bits per heavy atom. The smallest absolute Gasteiger partial charge is 0.256 e. The van der Waals surface area contributed by atoms with E-state index in [1.165, 1.54) is 13.2 Å². The van der Waals surface area contributed by atoms with E-state index >= 15 is 0 Å². The molecule has 3 N–H and O–H groups in total. The Labute approximate surface area is 176 Å². The van der Waals surface area contributed by atoms with E-state index in [-0.39, 0.29) is 36.3 Å². The second-order valence-electron chi connectivity index (χ2n) is 6.44. The number of halogens is 2. The van der Waals surface area contributed by atoms with Gasteiger partial charge in [-0.05, 0) is 25.8 Å². The zero-order valence-electron chi connectivity index (χ0n) is 16.3. The van der Waals surface area contributed by atoms with Crippen LogP contribution in [0, 0.1) is 13.8 Å². The Morgan fingerprint density at radius 1 is 1.32 bits per heavy atom. The third-order valence-corrected chi connectivity index (χ3v) is 4.82. The van der Waals surface area contributed by atoms with E-state index in [1.807, 2.05) is 13.8 Å². The van der Waals surface area contributed by atoms with Crippen LogP contribution in [0.2, 0.25) is 0 Å². The lowest BCUT2D eigenvalue weighted by Gasteiger charge is -2.17. The Balaban J connectivity index is 0.00000196. The molecule has 1 aliphatic rings. The number of methoxy groups -OCH3 is 1. The maximum Gasteiger partial charge on any atom is 0.256 e. The molecule has 1 aliphatic heterocycles. The minimum absolute atomic E-state index is 0. The first-order valence-corrected chi connectivity index (χ1v) is 8.83.